The van der Waals surface area contributed by atoms with E-state index < -0.39 is 0 Å². The first-order chi connectivity index (χ1) is 14.6. The summed E-state index contributed by atoms with van der Waals surface area (Å²) >= 11 is 1.54. The van der Waals surface area contributed by atoms with Crippen molar-refractivity contribution in [2.45, 2.75) is 23.3 Å². The van der Waals surface area contributed by atoms with Gasteiger partial charge in [0.15, 0.2) is 0 Å². The zero-order valence-corrected chi connectivity index (χ0v) is 17.2. The summed E-state index contributed by atoms with van der Waals surface area (Å²) in [5.41, 5.74) is 3.41. The smallest absolute Gasteiger partial charge is 0.259 e. The van der Waals surface area contributed by atoms with Gasteiger partial charge in [-0.3, -0.25) is 9.59 Å². The lowest BCUT2D eigenvalue weighted by Gasteiger charge is -2.21. The first-order valence-electron chi connectivity index (χ1n) is 9.60. The summed E-state index contributed by atoms with van der Waals surface area (Å²) in [7, 11) is 0. The molecule has 1 aliphatic rings. The van der Waals surface area contributed by atoms with E-state index in [0.29, 0.717) is 29.8 Å². The Bertz CT molecular complexity index is 1170. The topological polar surface area (TPSA) is 73.2 Å². The van der Waals surface area contributed by atoms with Gasteiger partial charge in [-0.25, -0.2) is 0 Å². The summed E-state index contributed by atoms with van der Waals surface area (Å²) < 4.78 is 0. The second kappa shape index (κ2) is 8.44. The summed E-state index contributed by atoms with van der Waals surface area (Å²) in [5.74, 6) is -0.271. The van der Waals surface area contributed by atoms with Gasteiger partial charge >= 0.3 is 0 Å². The van der Waals surface area contributed by atoms with Crippen molar-refractivity contribution in [3.63, 3.8) is 0 Å². The molecule has 0 saturated heterocycles. The van der Waals surface area contributed by atoms with Gasteiger partial charge < -0.3 is 10.2 Å². The van der Waals surface area contributed by atoms with Crippen LogP contribution in [0, 0.1) is 11.3 Å². The number of rotatable bonds is 4. The summed E-state index contributed by atoms with van der Waals surface area (Å²) in [5, 5.41) is 11.8. The molecule has 1 heterocycles. The number of anilines is 1. The number of amides is 2. The Hall–Kier alpha value is -3.56. The zero-order valence-electron chi connectivity index (χ0n) is 16.4. The molecule has 3 aromatic carbocycles. The SMILES string of the molecule is CCN1C(=O)c2ccccc2Sc2ccc(C(=O)NCc3ccc(C#N)cc3)cc21. The van der Waals surface area contributed by atoms with Crippen LogP contribution in [0.4, 0.5) is 5.69 Å². The molecule has 1 aliphatic heterocycles. The molecule has 3 aromatic rings. The maximum absolute atomic E-state index is 13.1. The van der Waals surface area contributed by atoms with Crippen LogP contribution in [0.1, 0.15) is 38.8 Å². The normalized spacial score (nSPS) is 12.4. The van der Waals surface area contributed by atoms with Gasteiger partial charge in [0.25, 0.3) is 11.8 Å². The highest BCUT2D eigenvalue weighted by atomic mass is 32.2. The molecular weight excluding hydrogens is 394 g/mol. The molecular formula is C24H19N3O2S. The number of nitriles is 1. The van der Waals surface area contributed by atoms with Crippen LogP contribution < -0.4 is 10.2 Å². The van der Waals surface area contributed by atoms with Crippen LogP contribution in [0.15, 0.2) is 76.5 Å². The Kier molecular flexibility index (Phi) is 5.55. The number of carbonyl (C=O) groups excluding carboxylic acids is 2. The van der Waals surface area contributed by atoms with Crippen molar-refractivity contribution >= 4 is 29.3 Å². The lowest BCUT2D eigenvalue weighted by molar-refractivity contribution is 0.0947. The minimum absolute atomic E-state index is 0.0607. The predicted octanol–water partition coefficient (Wildman–Crippen LogP) is 4.62. The van der Waals surface area contributed by atoms with Crippen molar-refractivity contribution in [2.24, 2.45) is 0 Å². The molecule has 0 radical (unpaired) electrons. The Morgan fingerprint density at radius 1 is 1.07 bits per heavy atom. The molecule has 2 amide bonds. The average molecular weight is 414 g/mol. The van der Waals surface area contributed by atoms with Crippen LogP contribution in [0.5, 0.6) is 0 Å². The molecule has 0 bridgehead atoms. The van der Waals surface area contributed by atoms with Crippen LogP contribution in [0.25, 0.3) is 0 Å². The fourth-order valence-corrected chi connectivity index (χ4v) is 4.42. The minimum atomic E-state index is -0.211. The summed E-state index contributed by atoms with van der Waals surface area (Å²) in [6.45, 7) is 2.80. The molecule has 4 rings (SSSR count). The van der Waals surface area contributed by atoms with Crippen molar-refractivity contribution in [1.29, 1.82) is 5.26 Å². The summed E-state index contributed by atoms with van der Waals surface area (Å²) in [6.07, 6.45) is 0. The molecule has 0 aromatic heterocycles. The summed E-state index contributed by atoms with van der Waals surface area (Å²) in [6, 6.07) is 22.2. The number of nitrogens with zero attached hydrogens (tertiary/aromatic N) is 2. The van der Waals surface area contributed by atoms with Crippen LogP contribution >= 0.6 is 11.8 Å². The molecule has 0 atom stereocenters. The number of carbonyl (C=O) groups is 2. The molecule has 0 unspecified atom stereocenters. The van der Waals surface area contributed by atoms with E-state index in [1.807, 2.05) is 49.4 Å². The molecule has 6 heteroatoms. The predicted molar refractivity (Wildman–Crippen MR) is 117 cm³/mol. The highest BCUT2D eigenvalue weighted by Gasteiger charge is 2.26. The van der Waals surface area contributed by atoms with E-state index in [2.05, 4.69) is 11.4 Å². The third-order valence-corrected chi connectivity index (χ3v) is 6.09. The van der Waals surface area contributed by atoms with E-state index >= 15 is 0 Å². The van der Waals surface area contributed by atoms with Gasteiger partial charge in [0.1, 0.15) is 0 Å². The Morgan fingerprint density at radius 3 is 2.57 bits per heavy atom. The van der Waals surface area contributed by atoms with E-state index in [0.717, 1.165) is 21.0 Å². The maximum atomic E-state index is 13.1. The van der Waals surface area contributed by atoms with Crippen LogP contribution in [-0.2, 0) is 6.54 Å². The zero-order chi connectivity index (χ0) is 21.1. The van der Waals surface area contributed by atoms with E-state index in [9.17, 15) is 9.59 Å². The quantitative estimate of drug-likeness (QED) is 0.677. The molecule has 0 aliphatic carbocycles. The number of hydrogen-bond donors (Lipinski definition) is 1. The van der Waals surface area contributed by atoms with Crippen LogP contribution in [-0.4, -0.2) is 18.4 Å². The molecule has 0 fully saturated rings. The molecule has 0 saturated carbocycles. The molecule has 148 valence electrons. The van der Waals surface area contributed by atoms with E-state index in [1.54, 1.807) is 29.2 Å². The van der Waals surface area contributed by atoms with Gasteiger partial charge in [-0.15, -0.1) is 0 Å². The molecule has 30 heavy (non-hydrogen) atoms. The second-order valence-corrected chi connectivity index (χ2v) is 7.91. The molecule has 5 nitrogen and oxygen atoms in total. The summed E-state index contributed by atoms with van der Waals surface area (Å²) in [4.78, 5) is 29.4. The third kappa shape index (κ3) is 3.80. The van der Waals surface area contributed by atoms with Gasteiger partial charge in [-0.2, -0.15) is 5.26 Å². The van der Waals surface area contributed by atoms with Crippen LogP contribution in [0.2, 0.25) is 0 Å². The third-order valence-electron chi connectivity index (χ3n) is 4.95. The van der Waals surface area contributed by atoms with Gasteiger partial charge in [0.2, 0.25) is 0 Å². The number of benzene rings is 3. The average Bonchev–Trinajstić information content (AvgIpc) is 2.91. The second-order valence-electron chi connectivity index (χ2n) is 6.82. The number of fused-ring (bicyclic) bond motifs is 2. The fraction of sp³-hybridized carbons (Fsp3) is 0.125. The standard InChI is InChI=1S/C24H19N3O2S/c1-2-27-20-13-18(23(28)26-15-17-9-7-16(14-25)8-10-17)11-12-22(20)30-21-6-4-3-5-19(21)24(27)29/h3-13H,2,15H2,1H3,(H,26,28). The lowest BCUT2D eigenvalue weighted by Crippen LogP contribution is -2.31. The largest absolute Gasteiger partial charge is 0.348 e. The van der Waals surface area contributed by atoms with Gasteiger partial charge in [0, 0.05) is 28.4 Å². The lowest BCUT2D eigenvalue weighted by atomic mass is 10.1. The highest BCUT2D eigenvalue weighted by Crippen LogP contribution is 2.41. The minimum Gasteiger partial charge on any atom is -0.348 e. The van der Waals surface area contributed by atoms with Gasteiger partial charge in [0.05, 0.1) is 22.9 Å². The van der Waals surface area contributed by atoms with Gasteiger partial charge in [-0.1, -0.05) is 36.0 Å². The van der Waals surface area contributed by atoms with Crippen LogP contribution in [0.3, 0.4) is 0 Å². The van der Waals surface area contributed by atoms with Crippen molar-refractivity contribution < 1.29 is 9.59 Å². The van der Waals surface area contributed by atoms with Gasteiger partial charge in [-0.05, 0) is 55.0 Å². The molecule has 0 spiro atoms. The van der Waals surface area contributed by atoms with Crippen molar-refractivity contribution in [3.8, 4) is 6.07 Å². The Balaban J connectivity index is 1.58. The van der Waals surface area contributed by atoms with Crippen molar-refractivity contribution in [1.82, 2.24) is 5.32 Å². The number of nitrogens with one attached hydrogen (secondary N) is 1. The van der Waals surface area contributed by atoms with Crippen molar-refractivity contribution in [3.05, 3.63) is 89.0 Å². The first kappa shape index (κ1) is 19.7. The highest BCUT2D eigenvalue weighted by molar-refractivity contribution is 7.99. The Labute approximate surface area is 179 Å². The fourth-order valence-electron chi connectivity index (χ4n) is 3.36. The molecule has 1 N–H and O–H groups in total. The van der Waals surface area contributed by atoms with E-state index in [-0.39, 0.29) is 11.8 Å². The number of hydrogen-bond acceptors (Lipinski definition) is 4. The monoisotopic (exact) mass is 413 g/mol. The first-order valence-corrected chi connectivity index (χ1v) is 10.4. The van der Waals surface area contributed by atoms with E-state index in [4.69, 9.17) is 5.26 Å². The van der Waals surface area contributed by atoms with Crippen molar-refractivity contribution in [2.75, 3.05) is 11.4 Å². The van der Waals surface area contributed by atoms with E-state index in [1.165, 1.54) is 11.8 Å². The maximum Gasteiger partial charge on any atom is 0.259 e. The Morgan fingerprint density at radius 2 is 1.83 bits per heavy atom.